The number of aromatic nitrogens is 1. The smallest absolute Gasteiger partial charge is 0.350 e. The van der Waals surface area contributed by atoms with Crippen LogP contribution in [-0.4, -0.2) is 23.5 Å². The average Bonchev–Trinajstić information content (AvgIpc) is 2.87. The number of allylic oxidation sites excluding steroid dienone is 2. The van der Waals surface area contributed by atoms with Gasteiger partial charge >= 0.3 is 5.97 Å². The Morgan fingerprint density at radius 3 is 2.95 bits per heavy atom. The summed E-state index contributed by atoms with van der Waals surface area (Å²) in [7, 11) is 0. The van der Waals surface area contributed by atoms with Crippen LogP contribution in [0, 0.1) is 12.3 Å². The maximum Gasteiger partial charge on any atom is 0.350 e. The summed E-state index contributed by atoms with van der Waals surface area (Å²) in [6.45, 7) is 3.78. The van der Waals surface area contributed by atoms with Gasteiger partial charge in [0.25, 0.3) is 5.91 Å². The van der Waals surface area contributed by atoms with Crippen molar-refractivity contribution in [1.29, 1.82) is 0 Å². The molecule has 1 rings (SSSR count). The first-order valence-electron chi connectivity index (χ1n) is 5.85. The minimum atomic E-state index is -0.460. The van der Waals surface area contributed by atoms with Crippen molar-refractivity contribution < 1.29 is 14.3 Å². The molecule has 0 bridgehead atoms. The van der Waals surface area contributed by atoms with Gasteiger partial charge in [0.15, 0.2) is 5.13 Å². The Morgan fingerprint density at radius 2 is 2.35 bits per heavy atom. The van der Waals surface area contributed by atoms with Crippen LogP contribution in [0.4, 0.5) is 5.13 Å². The van der Waals surface area contributed by atoms with E-state index in [-0.39, 0.29) is 12.5 Å². The molecule has 6 heteroatoms. The van der Waals surface area contributed by atoms with Crippen LogP contribution < -0.4 is 5.32 Å². The van der Waals surface area contributed by atoms with Crippen molar-refractivity contribution in [2.24, 2.45) is 0 Å². The lowest BCUT2D eigenvalue weighted by atomic mass is 10.2. The molecule has 0 fully saturated rings. The molecule has 0 saturated heterocycles. The lowest BCUT2D eigenvalue weighted by molar-refractivity contribution is -0.112. The van der Waals surface area contributed by atoms with Crippen molar-refractivity contribution in [1.82, 2.24) is 4.98 Å². The number of amides is 1. The number of carbonyl (C=O) groups is 2. The van der Waals surface area contributed by atoms with E-state index in [0.29, 0.717) is 15.6 Å². The second kappa shape index (κ2) is 7.92. The molecular formula is C14H14N2O3S. The van der Waals surface area contributed by atoms with E-state index in [1.165, 1.54) is 12.3 Å². The third-order valence-corrected chi connectivity index (χ3v) is 2.94. The van der Waals surface area contributed by atoms with Crippen LogP contribution in [0.1, 0.15) is 23.5 Å². The summed E-state index contributed by atoms with van der Waals surface area (Å²) in [6, 6.07) is 0. The molecule has 0 unspecified atom stereocenters. The van der Waals surface area contributed by atoms with E-state index in [9.17, 15) is 9.59 Å². The highest BCUT2D eigenvalue weighted by atomic mass is 32.1. The minimum Gasteiger partial charge on any atom is -0.462 e. The molecule has 20 heavy (non-hydrogen) atoms. The summed E-state index contributed by atoms with van der Waals surface area (Å²) in [4.78, 5) is 27.7. The topological polar surface area (TPSA) is 68.3 Å². The molecule has 1 aromatic heterocycles. The highest BCUT2D eigenvalue weighted by Crippen LogP contribution is 2.19. The van der Waals surface area contributed by atoms with Crippen molar-refractivity contribution in [2.75, 3.05) is 11.9 Å². The summed E-state index contributed by atoms with van der Waals surface area (Å²) in [5.74, 6) is 1.45. The molecule has 0 atom stereocenters. The second-order valence-electron chi connectivity index (χ2n) is 3.47. The molecule has 0 radical (unpaired) electrons. The standard InChI is InChI=1S/C14H14N2O3S/c1-4-7-10(8-5-2)12(17)16-14-15-9-11(20-14)13(18)19-6-3/h1,5,7-9H,6H2,2-3H3,(H,15,16,17)/b8-5-,10-7+. The SMILES string of the molecule is C#C/C=C(\C=C/C)C(=O)Nc1ncc(C(=O)OCC)s1. The number of nitrogens with one attached hydrogen (secondary N) is 1. The quantitative estimate of drug-likeness (QED) is 0.391. The van der Waals surface area contributed by atoms with Crippen molar-refractivity contribution in [3.05, 3.63) is 34.9 Å². The number of hydrogen-bond acceptors (Lipinski definition) is 5. The van der Waals surface area contributed by atoms with Crippen LogP contribution in [0.15, 0.2) is 30.0 Å². The number of rotatable bonds is 5. The van der Waals surface area contributed by atoms with Gasteiger partial charge in [-0.2, -0.15) is 0 Å². The number of carbonyl (C=O) groups excluding carboxylic acids is 2. The van der Waals surface area contributed by atoms with Crippen LogP contribution in [-0.2, 0) is 9.53 Å². The summed E-state index contributed by atoms with van der Waals surface area (Å²) >= 11 is 1.04. The first-order valence-corrected chi connectivity index (χ1v) is 6.67. The van der Waals surface area contributed by atoms with Gasteiger partial charge in [-0.1, -0.05) is 29.4 Å². The van der Waals surface area contributed by atoms with Crippen LogP contribution in [0.5, 0.6) is 0 Å². The zero-order valence-corrected chi connectivity index (χ0v) is 12.0. The van der Waals surface area contributed by atoms with Crippen molar-refractivity contribution in [3.63, 3.8) is 0 Å². The molecule has 1 heterocycles. The molecule has 1 N–H and O–H groups in total. The fourth-order valence-corrected chi connectivity index (χ4v) is 1.96. The lowest BCUT2D eigenvalue weighted by Crippen LogP contribution is -2.12. The third-order valence-electron chi connectivity index (χ3n) is 2.05. The van der Waals surface area contributed by atoms with Crippen molar-refractivity contribution >= 4 is 28.3 Å². The minimum absolute atomic E-state index is 0.286. The predicted octanol–water partition coefficient (Wildman–Crippen LogP) is 2.39. The van der Waals surface area contributed by atoms with Crippen LogP contribution in [0.2, 0.25) is 0 Å². The van der Waals surface area contributed by atoms with Gasteiger partial charge in [0, 0.05) is 11.6 Å². The van der Waals surface area contributed by atoms with E-state index in [4.69, 9.17) is 11.2 Å². The van der Waals surface area contributed by atoms with E-state index in [1.54, 1.807) is 26.0 Å². The summed E-state index contributed by atoms with van der Waals surface area (Å²) in [5, 5.41) is 2.89. The molecule has 5 nitrogen and oxygen atoms in total. The Labute approximate surface area is 121 Å². The molecule has 0 aliphatic rings. The van der Waals surface area contributed by atoms with Crippen molar-refractivity contribution in [2.45, 2.75) is 13.8 Å². The molecular weight excluding hydrogens is 276 g/mol. The average molecular weight is 290 g/mol. The number of thiazole rings is 1. The first kappa shape index (κ1) is 15.7. The van der Waals surface area contributed by atoms with Gasteiger partial charge in [0.05, 0.1) is 12.8 Å². The highest BCUT2D eigenvalue weighted by Gasteiger charge is 2.14. The lowest BCUT2D eigenvalue weighted by Gasteiger charge is -2.01. The van der Waals surface area contributed by atoms with Crippen LogP contribution in [0.3, 0.4) is 0 Å². The maximum absolute atomic E-state index is 11.9. The third kappa shape index (κ3) is 4.37. The number of esters is 1. The fourth-order valence-electron chi connectivity index (χ4n) is 1.26. The van der Waals surface area contributed by atoms with Gasteiger partial charge < -0.3 is 4.74 Å². The number of ether oxygens (including phenoxy) is 1. The summed E-state index contributed by atoms with van der Waals surface area (Å²) in [5.41, 5.74) is 0.336. The van der Waals surface area contributed by atoms with E-state index >= 15 is 0 Å². The molecule has 104 valence electrons. The molecule has 0 aromatic carbocycles. The highest BCUT2D eigenvalue weighted by molar-refractivity contribution is 7.17. The van der Waals surface area contributed by atoms with E-state index in [2.05, 4.69) is 16.2 Å². The largest absolute Gasteiger partial charge is 0.462 e. The zero-order valence-electron chi connectivity index (χ0n) is 11.2. The number of nitrogens with zero attached hydrogens (tertiary/aromatic N) is 1. The first-order chi connectivity index (χ1) is 9.62. The Bertz CT molecular complexity index is 594. The number of anilines is 1. The molecule has 0 spiro atoms. The molecule has 0 aliphatic carbocycles. The van der Waals surface area contributed by atoms with Crippen molar-refractivity contribution in [3.8, 4) is 12.3 Å². The Balaban J connectivity index is 2.79. The Hall–Kier alpha value is -2.39. The van der Waals surface area contributed by atoms with Gasteiger partial charge in [0.1, 0.15) is 4.88 Å². The normalized spacial score (nSPS) is 11.2. The molecule has 0 aliphatic heterocycles. The van der Waals surface area contributed by atoms with Gasteiger partial charge in [-0.15, -0.1) is 6.42 Å². The van der Waals surface area contributed by atoms with E-state index < -0.39 is 5.97 Å². The summed E-state index contributed by atoms with van der Waals surface area (Å²) < 4.78 is 4.84. The van der Waals surface area contributed by atoms with Gasteiger partial charge in [-0.25, -0.2) is 9.78 Å². The predicted molar refractivity (Wildman–Crippen MR) is 78.4 cm³/mol. The monoisotopic (exact) mass is 290 g/mol. The number of terminal acetylenes is 1. The number of hydrogen-bond donors (Lipinski definition) is 1. The van der Waals surface area contributed by atoms with Gasteiger partial charge in [0.2, 0.25) is 0 Å². The zero-order chi connectivity index (χ0) is 15.0. The molecule has 0 saturated carbocycles. The summed E-state index contributed by atoms with van der Waals surface area (Å²) in [6.07, 6.45) is 11.2. The van der Waals surface area contributed by atoms with E-state index in [0.717, 1.165) is 11.3 Å². The van der Waals surface area contributed by atoms with Crippen LogP contribution >= 0.6 is 11.3 Å². The Kier molecular flexibility index (Phi) is 6.20. The molecule has 1 amide bonds. The molecule has 1 aromatic rings. The maximum atomic E-state index is 11.9. The fraction of sp³-hybridized carbons (Fsp3) is 0.214. The van der Waals surface area contributed by atoms with Crippen LogP contribution in [0.25, 0.3) is 0 Å². The Morgan fingerprint density at radius 1 is 1.60 bits per heavy atom. The van der Waals surface area contributed by atoms with Gasteiger partial charge in [-0.3, -0.25) is 10.1 Å². The second-order valence-corrected chi connectivity index (χ2v) is 4.50. The van der Waals surface area contributed by atoms with E-state index in [1.807, 2.05) is 0 Å². The van der Waals surface area contributed by atoms with Gasteiger partial charge in [-0.05, 0) is 13.8 Å².